The first kappa shape index (κ1) is 17.1. The number of rotatable bonds is 4. The van der Waals surface area contributed by atoms with Crippen LogP contribution in [0.25, 0.3) is 0 Å². The lowest BCUT2D eigenvalue weighted by molar-refractivity contribution is 0.262. The van der Waals surface area contributed by atoms with Crippen LogP contribution < -0.4 is 15.4 Å². The number of anilines is 2. The van der Waals surface area contributed by atoms with Crippen LogP contribution >= 0.6 is 11.6 Å². The largest absolute Gasteiger partial charge is 0.495 e. The lowest BCUT2D eigenvalue weighted by Crippen LogP contribution is -2.21. The molecule has 0 radical (unpaired) electrons. The zero-order chi connectivity index (χ0) is 17.0. The molecule has 0 aromatic heterocycles. The van der Waals surface area contributed by atoms with Crippen molar-refractivity contribution in [1.82, 2.24) is 0 Å². The molecule has 0 heterocycles. The molecule has 23 heavy (non-hydrogen) atoms. The van der Waals surface area contributed by atoms with Crippen molar-refractivity contribution < 1.29 is 13.9 Å². The van der Waals surface area contributed by atoms with Gasteiger partial charge in [0.15, 0.2) is 0 Å². The Hall–Kier alpha value is -2.27. The lowest BCUT2D eigenvalue weighted by Gasteiger charge is -2.15. The van der Waals surface area contributed by atoms with Crippen LogP contribution in [-0.2, 0) is 0 Å². The van der Waals surface area contributed by atoms with Gasteiger partial charge in [-0.3, -0.25) is 0 Å². The van der Waals surface area contributed by atoms with Crippen LogP contribution in [0.5, 0.6) is 5.75 Å². The summed E-state index contributed by atoms with van der Waals surface area (Å²) in [4.78, 5) is 12.2. The van der Waals surface area contributed by atoms with Crippen LogP contribution in [0, 0.1) is 5.82 Å². The van der Waals surface area contributed by atoms with Crippen LogP contribution in [0.3, 0.4) is 0 Å². The molecule has 6 heteroatoms. The topological polar surface area (TPSA) is 50.4 Å². The highest BCUT2D eigenvalue weighted by Crippen LogP contribution is 2.31. The summed E-state index contributed by atoms with van der Waals surface area (Å²) in [7, 11) is 1.42. The minimum absolute atomic E-state index is 0.0713. The van der Waals surface area contributed by atoms with Gasteiger partial charge in [-0.15, -0.1) is 0 Å². The lowest BCUT2D eigenvalue weighted by atomic mass is 10.0. The van der Waals surface area contributed by atoms with Crippen molar-refractivity contribution in [3.05, 3.63) is 52.8 Å². The Bertz CT molecular complexity index is 720. The molecular weight excluding hydrogens is 319 g/mol. The maximum absolute atomic E-state index is 13.6. The molecule has 0 aliphatic heterocycles. The standard InChI is InChI=1S/C17H18ClFN2O2/c1-10(2)11-6-4-5-7-14(11)20-17(22)21-15-9-13(19)12(18)8-16(15)23-3/h4-10H,1-3H3,(H2,20,21,22). The number of urea groups is 1. The SMILES string of the molecule is COc1cc(Cl)c(F)cc1NC(=O)Nc1ccccc1C(C)C. The van der Waals surface area contributed by atoms with E-state index in [2.05, 4.69) is 10.6 Å². The van der Waals surface area contributed by atoms with E-state index in [0.29, 0.717) is 5.69 Å². The van der Waals surface area contributed by atoms with Gasteiger partial charge in [-0.25, -0.2) is 9.18 Å². The van der Waals surface area contributed by atoms with E-state index in [-0.39, 0.29) is 22.4 Å². The monoisotopic (exact) mass is 336 g/mol. The fraction of sp³-hybridized carbons (Fsp3) is 0.235. The first-order valence-corrected chi connectivity index (χ1v) is 7.50. The summed E-state index contributed by atoms with van der Waals surface area (Å²) in [5, 5.41) is 5.26. The number of carbonyl (C=O) groups is 1. The van der Waals surface area contributed by atoms with Crippen LogP contribution in [0.15, 0.2) is 36.4 Å². The molecule has 0 aliphatic carbocycles. The first-order chi connectivity index (χ1) is 10.9. The first-order valence-electron chi connectivity index (χ1n) is 7.12. The van der Waals surface area contributed by atoms with Crippen LogP contribution in [0.1, 0.15) is 25.3 Å². The molecule has 2 aromatic rings. The van der Waals surface area contributed by atoms with Gasteiger partial charge in [-0.1, -0.05) is 43.6 Å². The van der Waals surface area contributed by atoms with Crippen LogP contribution in [0.2, 0.25) is 5.02 Å². The highest BCUT2D eigenvalue weighted by Gasteiger charge is 2.13. The molecule has 0 fully saturated rings. The molecule has 2 aromatic carbocycles. The molecule has 4 nitrogen and oxygen atoms in total. The number of halogens is 2. The van der Waals surface area contributed by atoms with Gasteiger partial charge in [-0.2, -0.15) is 0 Å². The van der Waals surface area contributed by atoms with Gasteiger partial charge in [0.25, 0.3) is 0 Å². The van der Waals surface area contributed by atoms with Crippen molar-refractivity contribution in [3.63, 3.8) is 0 Å². The third-order valence-electron chi connectivity index (χ3n) is 3.32. The van der Waals surface area contributed by atoms with Gasteiger partial charge >= 0.3 is 6.03 Å². The number of ether oxygens (including phenoxy) is 1. The summed E-state index contributed by atoms with van der Waals surface area (Å²) >= 11 is 5.70. The normalized spacial score (nSPS) is 10.5. The fourth-order valence-electron chi connectivity index (χ4n) is 2.19. The van der Waals surface area contributed by atoms with E-state index in [9.17, 15) is 9.18 Å². The molecule has 2 amide bonds. The minimum atomic E-state index is -0.634. The Morgan fingerprint density at radius 3 is 2.48 bits per heavy atom. The van der Waals surface area contributed by atoms with Crippen molar-refractivity contribution >= 4 is 29.0 Å². The molecule has 0 spiro atoms. The van der Waals surface area contributed by atoms with E-state index in [4.69, 9.17) is 16.3 Å². The number of methoxy groups -OCH3 is 1. The molecule has 2 N–H and O–H groups in total. The number of hydrogen-bond donors (Lipinski definition) is 2. The molecule has 2 rings (SSSR count). The third kappa shape index (κ3) is 4.13. The van der Waals surface area contributed by atoms with Crippen LogP contribution in [-0.4, -0.2) is 13.1 Å². The summed E-state index contributed by atoms with van der Waals surface area (Å²) in [5.74, 6) is -0.0944. The zero-order valence-electron chi connectivity index (χ0n) is 13.1. The number of carbonyl (C=O) groups excluding carboxylic acids is 1. The maximum Gasteiger partial charge on any atom is 0.323 e. The van der Waals surface area contributed by atoms with Crippen molar-refractivity contribution in [2.75, 3.05) is 17.7 Å². The number of nitrogens with one attached hydrogen (secondary N) is 2. The summed E-state index contributed by atoms with van der Waals surface area (Å²) < 4.78 is 18.7. The Labute approximate surface area is 139 Å². The summed E-state index contributed by atoms with van der Waals surface area (Å²) in [6.45, 7) is 4.08. The minimum Gasteiger partial charge on any atom is -0.495 e. The van der Waals surface area contributed by atoms with Crippen LogP contribution in [0.4, 0.5) is 20.6 Å². The van der Waals surface area contributed by atoms with E-state index in [0.717, 1.165) is 11.6 Å². The summed E-state index contributed by atoms with van der Waals surface area (Å²) in [6.07, 6.45) is 0. The maximum atomic E-state index is 13.6. The second-order valence-corrected chi connectivity index (χ2v) is 5.69. The Kier molecular flexibility index (Phi) is 5.45. The molecule has 0 saturated heterocycles. The van der Waals surface area contributed by atoms with E-state index < -0.39 is 11.8 Å². The van der Waals surface area contributed by atoms with E-state index in [1.165, 1.54) is 13.2 Å². The van der Waals surface area contributed by atoms with E-state index >= 15 is 0 Å². The second kappa shape index (κ2) is 7.33. The second-order valence-electron chi connectivity index (χ2n) is 5.29. The van der Waals surface area contributed by atoms with Gasteiger partial charge in [0.2, 0.25) is 0 Å². The summed E-state index contributed by atoms with van der Waals surface area (Å²) in [5.41, 5.74) is 1.92. The van der Waals surface area contributed by atoms with Crippen molar-refractivity contribution in [3.8, 4) is 5.75 Å². The Balaban J connectivity index is 2.19. The van der Waals surface area contributed by atoms with Gasteiger partial charge in [-0.05, 0) is 17.5 Å². The van der Waals surface area contributed by atoms with Gasteiger partial charge in [0.05, 0.1) is 17.8 Å². The highest BCUT2D eigenvalue weighted by molar-refractivity contribution is 6.31. The number of para-hydroxylation sites is 1. The number of benzene rings is 2. The van der Waals surface area contributed by atoms with Crippen molar-refractivity contribution in [2.24, 2.45) is 0 Å². The highest BCUT2D eigenvalue weighted by atomic mass is 35.5. The molecule has 0 unspecified atom stereocenters. The number of hydrogen-bond acceptors (Lipinski definition) is 2. The van der Waals surface area contributed by atoms with Gasteiger partial charge in [0, 0.05) is 17.8 Å². The quantitative estimate of drug-likeness (QED) is 0.800. The van der Waals surface area contributed by atoms with E-state index in [1.807, 2.05) is 38.1 Å². The zero-order valence-corrected chi connectivity index (χ0v) is 13.9. The predicted molar refractivity (Wildman–Crippen MR) is 91.1 cm³/mol. The predicted octanol–water partition coefficient (Wildman–Crippen LogP) is 5.26. The number of amides is 2. The third-order valence-corrected chi connectivity index (χ3v) is 3.61. The van der Waals surface area contributed by atoms with E-state index in [1.54, 1.807) is 0 Å². The van der Waals surface area contributed by atoms with Gasteiger partial charge in [0.1, 0.15) is 11.6 Å². The Morgan fingerprint density at radius 2 is 1.83 bits per heavy atom. The van der Waals surface area contributed by atoms with Crippen molar-refractivity contribution in [1.29, 1.82) is 0 Å². The molecule has 0 aliphatic rings. The molecular formula is C17H18ClFN2O2. The Morgan fingerprint density at radius 1 is 1.17 bits per heavy atom. The van der Waals surface area contributed by atoms with Gasteiger partial charge < -0.3 is 15.4 Å². The molecule has 0 saturated carbocycles. The van der Waals surface area contributed by atoms with Crippen molar-refractivity contribution in [2.45, 2.75) is 19.8 Å². The summed E-state index contributed by atoms with van der Waals surface area (Å²) in [6, 6.07) is 9.46. The average Bonchev–Trinajstić information content (AvgIpc) is 2.50. The average molecular weight is 337 g/mol. The molecule has 0 atom stereocenters. The smallest absolute Gasteiger partial charge is 0.323 e. The molecule has 0 bridgehead atoms. The fourth-order valence-corrected chi connectivity index (χ4v) is 2.34. The molecule has 122 valence electrons.